The lowest BCUT2D eigenvalue weighted by Crippen LogP contribution is -1.98. The molecule has 0 spiro atoms. The van der Waals surface area contributed by atoms with E-state index >= 15 is 0 Å². The van der Waals surface area contributed by atoms with Crippen molar-refractivity contribution in [2.75, 3.05) is 0 Å². The molecule has 9 heavy (non-hydrogen) atoms. The summed E-state index contributed by atoms with van der Waals surface area (Å²) in [7, 11) is 0. The van der Waals surface area contributed by atoms with Crippen LogP contribution in [0.1, 0.15) is 0 Å². The van der Waals surface area contributed by atoms with Gasteiger partial charge in [-0.05, 0) is 22.6 Å². The van der Waals surface area contributed by atoms with Gasteiger partial charge < -0.3 is 5.11 Å². The Morgan fingerprint density at radius 2 is 2.44 bits per heavy atom. The molecule has 48 valence electrons. The van der Waals surface area contributed by atoms with Gasteiger partial charge in [0, 0.05) is 0 Å². The fourth-order valence-electron chi connectivity index (χ4n) is 0.464. The highest BCUT2D eigenvalue weighted by Crippen LogP contribution is 2.21. The molecule has 1 aliphatic heterocycles. The highest BCUT2D eigenvalue weighted by atomic mass is 127. The molecule has 0 saturated carbocycles. The molecule has 0 amide bonds. The average molecular weight is 237 g/mol. The van der Waals surface area contributed by atoms with Crippen molar-refractivity contribution in [3.8, 4) is 0 Å². The summed E-state index contributed by atoms with van der Waals surface area (Å²) in [6.07, 6.45) is 0.874. The molecule has 0 bridgehead atoms. The zero-order chi connectivity index (χ0) is 6.85. The molecule has 1 unspecified atom stereocenters. The number of azo groups is 1. The van der Waals surface area contributed by atoms with E-state index in [2.05, 4.69) is 10.2 Å². The fraction of sp³-hybridized carbons (Fsp3) is 0.250. The number of nitrogens with one attached hydrogen (secondary N) is 1. The van der Waals surface area contributed by atoms with Gasteiger partial charge in [0.15, 0.2) is 9.88 Å². The van der Waals surface area contributed by atoms with Crippen molar-refractivity contribution in [3.63, 3.8) is 0 Å². The summed E-state index contributed by atoms with van der Waals surface area (Å²) in [6, 6.07) is 0. The number of alkyl halides is 1. The van der Waals surface area contributed by atoms with Crippen molar-refractivity contribution >= 4 is 28.4 Å². The van der Waals surface area contributed by atoms with Crippen LogP contribution in [0.25, 0.3) is 0 Å². The van der Waals surface area contributed by atoms with Gasteiger partial charge in [-0.2, -0.15) is 5.11 Å². The molecule has 0 fully saturated rings. The third-order valence-corrected chi connectivity index (χ3v) is 1.85. The molecule has 0 aromatic carbocycles. The molecule has 0 aromatic rings. The van der Waals surface area contributed by atoms with Crippen LogP contribution in [0.2, 0.25) is 0 Å². The van der Waals surface area contributed by atoms with Crippen molar-refractivity contribution in [1.29, 1.82) is 5.41 Å². The number of hydrogen-bond acceptors (Lipinski definition) is 3. The summed E-state index contributed by atoms with van der Waals surface area (Å²) in [5.41, 5.74) is 0.468. The van der Waals surface area contributed by atoms with E-state index < -0.39 is 0 Å². The Hall–Kier alpha value is -0.460. The van der Waals surface area contributed by atoms with Crippen LogP contribution in [0.15, 0.2) is 22.1 Å². The normalized spacial score (nSPS) is 30.1. The van der Waals surface area contributed by atoms with E-state index in [1.54, 1.807) is 0 Å². The second-order valence-corrected chi connectivity index (χ2v) is 2.66. The molecule has 0 aromatic heterocycles. The fourth-order valence-corrected chi connectivity index (χ4v) is 1.04. The first-order chi connectivity index (χ1) is 4.25. The smallest absolute Gasteiger partial charge is 0.176 e. The predicted octanol–water partition coefficient (Wildman–Crippen LogP) is 1.63. The molecule has 4 nitrogen and oxygen atoms in total. The van der Waals surface area contributed by atoms with Crippen molar-refractivity contribution in [3.05, 3.63) is 11.8 Å². The van der Waals surface area contributed by atoms with Crippen LogP contribution in [0.3, 0.4) is 0 Å². The monoisotopic (exact) mass is 237 g/mol. The minimum absolute atomic E-state index is 0.0527. The molecule has 1 heterocycles. The van der Waals surface area contributed by atoms with Crippen LogP contribution < -0.4 is 0 Å². The summed E-state index contributed by atoms with van der Waals surface area (Å²) < 4.78 is -0.180. The zero-order valence-electron chi connectivity index (χ0n) is 4.37. The van der Waals surface area contributed by atoms with Gasteiger partial charge in [-0.1, -0.05) is 0 Å². The van der Waals surface area contributed by atoms with Crippen molar-refractivity contribution < 1.29 is 5.11 Å². The maximum atomic E-state index is 8.48. The zero-order valence-corrected chi connectivity index (χ0v) is 6.53. The van der Waals surface area contributed by atoms with Crippen LogP contribution in [-0.2, 0) is 0 Å². The summed E-state index contributed by atoms with van der Waals surface area (Å²) >= 11 is 1.98. The molecule has 5 heteroatoms. The van der Waals surface area contributed by atoms with Crippen LogP contribution >= 0.6 is 22.6 Å². The highest BCUT2D eigenvalue weighted by Gasteiger charge is 2.20. The van der Waals surface area contributed by atoms with E-state index in [1.165, 1.54) is 0 Å². The lowest BCUT2D eigenvalue weighted by molar-refractivity contribution is 0.469. The summed E-state index contributed by atoms with van der Waals surface area (Å²) in [4.78, 5) is 0. The van der Waals surface area contributed by atoms with E-state index in [1.807, 2.05) is 22.6 Å². The van der Waals surface area contributed by atoms with Crippen LogP contribution in [0, 0.1) is 5.41 Å². The number of amidine groups is 1. The minimum Gasteiger partial charge on any atom is -0.515 e. The molecule has 0 radical (unpaired) electrons. The Kier molecular flexibility index (Phi) is 1.79. The van der Waals surface area contributed by atoms with Gasteiger partial charge in [-0.15, -0.1) is 5.11 Å². The van der Waals surface area contributed by atoms with E-state index in [0.29, 0.717) is 5.57 Å². The molecule has 1 aliphatic rings. The number of aliphatic hydroxyl groups excluding tert-OH is 1. The van der Waals surface area contributed by atoms with Gasteiger partial charge in [-0.25, -0.2) is 0 Å². The Balaban J connectivity index is 2.88. The first kappa shape index (κ1) is 6.66. The standard InChI is InChI=1S/C4H4IN3O/c5-3-2(1-9)4(6)8-7-3/h1,3,6,9H. The van der Waals surface area contributed by atoms with Crippen LogP contribution in [-0.4, -0.2) is 15.0 Å². The number of nitrogens with zero attached hydrogens (tertiary/aromatic N) is 2. The highest BCUT2D eigenvalue weighted by molar-refractivity contribution is 14.1. The molecular weight excluding hydrogens is 233 g/mol. The van der Waals surface area contributed by atoms with Crippen molar-refractivity contribution in [1.82, 2.24) is 0 Å². The second-order valence-electron chi connectivity index (χ2n) is 1.48. The van der Waals surface area contributed by atoms with Crippen LogP contribution in [0.4, 0.5) is 0 Å². The Morgan fingerprint density at radius 1 is 1.78 bits per heavy atom. The van der Waals surface area contributed by atoms with Gasteiger partial charge in [0.1, 0.15) is 0 Å². The number of rotatable bonds is 0. The summed E-state index contributed by atoms with van der Waals surface area (Å²) in [5, 5.41) is 22.6. The van der Waals surface area contributed by atoms with Crippen molar-refractivity contribution in [2.24, 2.45) is 10.2 Å². The van der Waals surface area contributed by atoms with E-state index in [4.69, 9.17) is 10.5 Å². The molecular formula is C4H4IN3O. The Morgan fingerprint density at radius 3 is 2.67 bits per heavy atom. The molecule has 1 rings (SSSR count). The first-order valence-electron chi connectivity index (χ1n) is 2.24. The van der Waals surface area contributed by atoms with E-state index in [-0.39, 0.29) is 9.88 Å². The number of halogens is 1. The van der Waals surface area contributed by atoms with Gasteiger partial charge >= 0.3 is 0 Å². The van der Waals surface area contributed by atoms with Gasteiger partial charge in [0.05, 0.1) is 11.8 Å². The largest absolute Gasteiger partial charge is 0.515 e. The third-order valence-electron chi connectivity index (χ3n) is 0.928. The van der Waals surface area contributed by atoms with Crippen molar-refractivity contribution in [2.45, 2.75) is 4.05 Å². The average Bonchev–Trinajstić information content (AvgIpc) is 2.12. The quantitative estimate of drug-likeness (QED) is 0.286. The summed E-state index contributed by atoms with van der Waals surface area (Å²) in [6.45, 7) is 0. The van der Waals surface area contributed by atoms with E-state index in [0.717, 1.165) is 6.26 Å². The maximum absolute atomic E-state index is 8.48. The van der Waals surface area contributed by atoms with Gasteiger partial charge in [0.25, 0.3) is 0 Å². The SMILES string of the molecule is N=C1N=NC(I)C1=CO. The molecule has 1 atom stereocenters. The number of aliphatic hydroxyl groups is 1. The molecule has 2 N–H and O–H groups in total. The second kappa shape index (κ2) is 2.42. The lowest BCUT2D eigenvalue weighted by atomic mass is 10.3. The minimum atomic E-state index is -0.180. The molecule has 0 aliphatic carbocycles. The Labute approximate surface area is 65.3 Å². The lowest BCUT2D eigenvalue weighted by Gasteiger charge is -1.92. The third kappa shape index (κ3) is 1.09. The Bertz CT molecular complexity index is 198. The first-order valence-corrected chi connectivity index (χ1v) is 3.48. The van der Waals surface area contributed by atoms with Gasteiger partial charge in [0.2, 0.25) is 0 Å². The van der Waals surface area contributed by atoms with Crippen LogP contribution in [0.5, 0.6) is 0 Å². The van der Waals surface area contributed by atoms with E-state index in [9.17, 15) is 0 Å². The molecule has 0 saturated heterocycles. The van der Waals surface area contributed by atoms with Gasteiger partial charge in [-0.3, -0.25) is 5.41 Å². The predicted molar refractivity (Wildman–Crippen MR) is 41.1 cm³/mol. The topological polar surface area (TPSA) is 68.8 Å². The maximum Gasteiger partial charge on any atom is 0.176 e. The number of hydrogen-bond donors (Lipinski definition) is 2. The summed E-state index contributed by atoms with van der Waals surface area (Å²) in [5.74, 6) is 0.0527.